The smallest absolute Gasteiger partial charge is 0.384 e. The van der Waals surface area contributed by atoms with Crippen LogP contribution in [0.15, 0.2) is 0 Å². The number of likely N-dealkylation sites (tertiary alicyclic amines) is 1. The molecule has 0 aromatic rings. The van der Waals surface area contributed by atoms with Crippen molar-refractivity contribution in [3.8, 4) is 11.8 Å². The molecule has 1 saturated heterocycles. The minimum atomic E-state index is -0.662. The zero-order chi connectivity index (χ0) is 12.7. The second-order valence-electron chi connectivity index (χ2n) is 3.86. The Labute approximate surface area is 101 Å². The maximum absolute atomic E-state index is 11.5. The molecule has 17 heavy (non-hydrogen) atoms. The Balaban J connectivity index is 2.27. The number of hydrogen-bond donors (Lipinski definition) is 1. The first-order valence-electron chi connectivity index (χ1n) is 5.69. The van der Waals surface area contributed by atoms with Gasteiger partial charge in [-0.15, -0.1) is 0 Å². The summed E-state index contributed by atoms with van der Waals surface area (Å²) in [6.07, 6.45) is 2.38. The first kappa shape index (κ1) is 13.5. The van der Waals surface area contributed by atoms with Gasteiger partial charge in [0.25, 0.3) is 0 Å². The molecule has 0 aromatic heterocycles. The van der Waals surface area contributed by atoms with E-state index in [9.17, 15) is 14.7 Å². The number of carbonyl (C=O) groups is 2. The van der Waals surface area contributed by atoms with Crippen LogP contribution in [0.4, 0.5) is 0 Å². The van der Waals surface area contributed by atoms with Gasteiger partial charge >= 0.3 is 5.97 Å². The van der Waals surface area contributed by atoms with E-state index in [1.54, 1.807) is 0 Å². The van der Waals surface area contributed by atoms with Crippen molar-refractivity contribution in [2.75, 3.05) is 13.7 Å². The van der Waals surface area contributed by atoms with E-state index in [0.29, 0.717) is 32.2 Å². The zero-order valence-corrected chi connectivity index (χ0v) is 9.94. The van der Waals surface area contributed by atoms with Gasteiger partial charge in [-0.2, -0.15) is 0 Å². The summed E-state index contributed by atoms with van der Waals surface area (Å²) in [4.78, 5) is 23.6. The molecule has 94 valence electrons. The van der Waals surface area contributed by atoms with Crippen LogP contribution in [0, 0.1) is 11.8 Å². The average molecular weight is 239 g/mol. The second-order valence-corrected chi connectivity index (χ2v) is 3.86. The number of ether oxygens (including phenoxy) is 1. The van der Waals surface area contributed by atoms with Crippen molar-refractivity contribution < 1.29 is 19.4 Å². The summed E-state index contributed by atoms with van der Waals surface area (Å²) in [7, 11) is 1.28. The molecule has 1 rings (SSSR count). The Morgan fingerprint density at radius 3 is 3.06 bits per heavy atom. The van der Waals surface area contributed by atoms with Crippen molar-refractivity contribution >= 4 is 11.9 Å². The standard InChI is InChI=1S/C12H17NO4/c1-17-12(16)8-3-2-4-9-13-10(14)6-5-7-11(13)15/h10,14H,2,4-7,9H2,1H3. The summed E-state index contributed by atoms with van der Waals surface area (Å²) in [6, 6.07) is 0. The van der Waals surface area contributed by atoms with Crippen molar-refractivity contribution in [2.24, 2.45) is 0 Å². The fourth-order valence-electron chi connectivity index (χ4n) is 1.70. The zero-order valence-electron chi connectivity index (χ0n) is 9.94. The summed E-state index contributed by atoms with van der Waals surface area (Å²) < 4.78 is 4.36. The maximum atomic E-state index is 11.5. The van der Waals surface area contributed by atoms with Gasteiger partial charge in [0.15, 0.2) is 0 Å². The fourth-order valence-corrected chi connectivity index (χ4v) is 1.70. The van der Waals surface area contributed by atoms with Crippen LogP contribution in [0.3, 0.4) is 0 Å². The average Bonchev–Trinajstić information content (AvgIpc) is 2.31. The summed E-state index contributed by atoms with van der Waals surface area (Å²) in [5.41, 5.74) is 0. The maximum Gasteiger partial charge on any atom is 0.384 e. The quantitative estimate of drug-likeness (QED) is 0.332. The van der Waals surface area contributed by atoms with Crippen molar-refractivity contribution in [3.63, 3.8) is 0 Å². The highest BCUT2D eigenvalue weighted by molar-refractivity contribution is 5.88. The van der Waals surface area contributed by atoms with Gasteiger partial charge in [-0.1, -0.05) is 5.92 Å². The van der Waals surface area contributed by atoms with Crippen LogP contribution in [0.5, 0.6) is 0 Å². The predicted molar refractivity (Wildman–Crippen MR) is 60.6 cm³/mol. The third kappa shape index (κ3) is 4.45. The molecule has 0 aromatic carbocycles. The van der Waals surface area contributed by atoms with E-state index >= 15 is 0 Å². The van der Waals surface area contributed by atoms with Gasteiger partial charge < -0.3 is 14.7 Å². The number of aliphatic hydroxyl groups excluding tert-OH is 1. The van der Waals surface area contributed by atoms with E-state index in [1.807, 2.05) is 0 Å². The van der Waals surface area contributed by atoms with E-state index in [-0.39, 0.29) is 5.91 Å². The highest BCUT2D eigenvalue weighted by Gasteiger charge is 2.25. The molecule has 0 saturated carbocycles. The normalized spacial score (nSPS) is 19.5. The minimum Gasteiger partial charge on any atom is -0.459 e. The van der Waals surface area contributed by atoms with Gasteiger partial charge in [0.2, 0.25) is 5.91 Å². The van der Waals surface area contributed by atoms with Crippen LogP contribution >= 0.6 is 0 Å². The Morgan fingerprint density at radius 1 is 1.65 bits per heavy atom. The number of hydrogen-bond acceptors (Lipinski definition) is 4. The van der Waals surface area contributed by atoms with Crippen LogP contribution in [0.25, 0.3) is 0 Å². The summed E-state index contributed by atoms with van der Waals surface area (Å²) in [6.45, 7) is 0.482. The van der Waals surface area contributed by atoms with E-state index in [2.05, 4.69) is 16.6 Å². The van der Waals surface area contributed by atoms with E-state index in [1.165, 1.54) is 12.0 Å². The number of methoxy groups -OCH3 is 1. The van der Waals surface area contributed by atoms with Gasteiger partial charge in [0.1, 0.15) is 6.23 Å². The molecule has 1 N–H and O–H groups in total. The number of esters is 1. The second kappa shape index (κ2) is 6.92. The first-order valence-corrected chi connectivity index (χ1v) is 5.69. The molecule has 1 atom stereocenters. The van der Waals surface area contributed by atoms with Gasteiger partial charge in [-0.3, -0.25) is 4.79 Å². The van der Waals surface area contributed by atoms with Gasteiger partial charge in [0.05, 0.1) is 7.11 Å². The van der Waals surface area contributed by atoms with Crippen molar-refractivity contribution in [1.29, 1.82) is 0 Å². The van der Waals surface area contributed by atoms with Crippen LogP contribution in [-0.2, 0) is 14.3 Å². The number of nitrogens with zero attached hydrogens (tertiary/aromatic N) is 1. The molecule has 1 unspecified atom stereocenters. The Morgan fingerprint density at radius 2 is 2.41 bits per heavy atom. The summed E-state index contributed by atoms with van der Waals surface area (Å²) in [5, 5.41) is 9.62. The molecule has 0 spiro atoms. The predicted octanol–water partition coefficient (Wildman–Crippen LogP) is 0.274. The third-order valence-electron chi connectivity index (χ3n) is 2.61. The highest BCUT2D eigenvalue weighted by atomic mass is 16.5. The Kier molecular flexibility index (Phi) is 5.50. The lowest BCUT2D eigenvalue weighted by Gasteiger charge is -2.31. The fraction of sp³-hybridized carbons (Fsp3) is 0.667. The lowest BCUT2D eigenvalue weighted by molar-refractivity contribution is -0.146. The summed E-state index contributed by atoms with van der Waals surface area (Å²) in [5.74, 6) is 4.41. The lowest BCUT2D eigenvalue weighted by atomic mass is 10.1. The molecule has 0 radical (unpaired) electrons. The SMILES string of the molecule is COC(=O)C#CCCCN1C(=O)CCCC1O. The third-order valence-corrected chi connectivity index (χ3v) is 2.61. The van der Waals surface area contributed by atoms with Crippen LogP contribution in [0.1, 0.15) is 32.1 Å². The molecule has 0 aliphatic carbocycles. The largest absolute Gasteiger partial charge is 0.459 e. The Hall–Kier alpha value is -1.54. The number of carbonyl (C=O) groups excluding carboxylic acids is 2. The van der Waals surface area contributed by atoms with Crippen molar-refractivity contribution in [3.05, 3.63) is 0 Å². The monoisotopic (exact) mass is 239 g/mol. The van der Waals surface area contributed by atoms with Gasteiger partial charge in [-0.05, 0) is 19.3 Å². The van der Waals surface area contributed by atoms with Crippen molar-refractivity contribution in [2.45, 2.75) is 38.3 Å². The first-order chi connectivity index (χ1) is 8.15. The van der Waals surface area contributed by atoms with Gasteiger partial charge in [0, 0.05) is 25.3 Å². The van der Waals surface area contributed by atoms with Crippen LogP contribution in [0.2, 0.25) is 0 Å². The van der Waals surface area contributed by atoms with E-state index in [4.69, 9.17) is 0 Å². The van der Waals surface area contributed by atoms with Gasteiger partial charge in [-0.25, -0.2) is 4.79 Å². The van der Waals surface area contributed by atoms with Crippen molar-refractivity contribution in [1.82, 2.24) is 4.90 Å². The molecule has 1 aliphatic rings. The number of aliphatic hydroxyl groups is 1. The molecule has 1 aliphatic heterocycles. The van der Waals surface area contributed by atoms with E-state index < -0.39 is 12.2 Å². The molecular formula is C12H17NO4. The van der Waals surface area contributed by atoms with E-state index in [0.717, 1.165) is 6.42 Å². The highest BCUT2D eigenvalue weighted by Crippen LogP contribution is 2.16. The molecule has 5 heteroatoms. The summed E-state index contributed by atoms with van der Waals surface area (Å²) >= 11 is 0. The minimum absolute atomic E-state index is 0.00956. The topological polar surface area (TPSA) is 66.8 Å². The number of piperidine rings is 1. The number of unbranched alkanes of at least 4 members (excludes halogenated alkanes) is 1. The van der Waals surface area contributed by atoms with Crippen LogP contribution in [-0.4, -0.2) is 41.8 Å². The lowest BCUT2D eigenvalue weighted by Crippen LogP contribution is -2.43. The molecule has 1 amide bonds. The number of rotatable bonds is 3. The molecule has 1 heterocycles. The molecular weight excluding hydrogens is 222 g/mol. The molecule has 5 nitrogen and oxygen atoms in total. The molecule has 0 bridgehead atoms. The Bertz CT molecular complexity index is 342. The molecule has 1 fully saturated rings. The number of amides is 1. The van der Waals surface area contributed by atoms with Crippen LogP contribution < -0.4 is 0 Å².